The van der Waals surface area contributed by atoms with Crippen LogP contribution in [0.5, 0.6) is 0 Å². The molecule has 2 aliphatic rings. The van der Waals surface area contributed by atoms with Crippen LogP contribution in [-0.2, 0) is 0 Å². The Morgan fingerprint density at radius 1 is 1.45 bits per heavy atom. The minimum atomic E-state index is 0.347. The molecule has 0 fully saturated rings. The first-order valence-corrected chi connectivity index (χ1v) is 3.93. The van der Waals surface area contributed by atoms with E-state index < -0.39 is 0 Å². The largest absolute Gasteiger partial charge is 0.365 e. The lowest BCUT2D eigenvalue weighted by atomic mass is 10.0. The maximum absolute atomic E-state index is 4.44. The van der Waals surface area contributed by atoms with Crippen LogP contribution in [0.2, 0.25) is 0 Å². The van der Waals surface area contributed by atoms with E-state index in [-0.39, 0.29) is 0 Å². The number of aliphatic imine (C=N–C) groups is 1. The van der Waals surface area contributed by atoms with Gasteiger partial charge in [-0.1, -0.05) is 23.8 Å². The number of rotatable bonds is 0. The zero-order chi connectivity index (χ0) is 7.84. The van der Waals surface area contributed by atoms with Gasteiger partial charge in [-0.25, -0.2) is 0 Å². The molecule has 1 aliphatic heterocycles. The summed E-state index contributed by atoms with van der Waals surface area (Å²) in [6.07, 6.45) is 6.52. The molecule has 2 nitrogen and oxygen atoms in total. The fourth-order valence-corrected chi connectivity index (χ4v) is 1.55. The fraction of sp³-hybridized carbons (Fsp3) is 0.444. The molecule has 58 valence electrons. The van der Waals surface area contributed by atoms with Gasteiger partial charge in [0.1, 0.15) is 0 Å². The molecule has 0 aromatic carbocycles. The second kappa shape index (κ2) is 2.22. The van der Waals surface area contributed by atoms with Crippen LogP contribution < -0.4 is 5.32 Å². The number of amidine groups is 1. The number of hydrogen-bond acceptors (Lipinski definition) is 2. The Morgan fingerprint density at radius 3 is 3.09 bits per heavy atom. The zero-order valence-electron chi connectivity index (χ0n) is 6.83. The number of nitrogens with one attached hydrogen (secondary N) is 1. The second-order valence-electron chi connectivity index (χ2n) is 3.15. The van der Waals surface area contributed by atoms with Crippen molar-refractivity contribution in [2.24, 2.45) is 4.99 Å². The molecule has 0 radical (unpaired) electrons. The number of nitrogens with zero attached hydrogens (tertiary/aromatic N) is 1. The average molecular weight is 148 g/mol. The van der Waals surface area contributed by atoms with Crippen molar-refractivity contribution < 1.29 is 0 Å². The summed E-state index contributed by atoms with van der Waals surface area (Å²) in [6, 6.07) is 0.763. The molecule has 0 bridgehead atoms. The third kappa shape index (κ3) is 1.09. The zero-order valence-corrected chi connectivity index (χ0v) is 6.83. The molecule has 1 aliphatic carbocycles. The molecule has 2 heteroatoms. The van der Waals surface area contributed by atoms with Crippen LogP contribution in [0.25, 0.3) is 0 Å². The molecule has 11 heavy (non-hydrogen) atoms. The van der Waals surface area contributed by atoms with E-state index in [0.717, 1.165) is 5.84 Å². The van der Waals surface area contributed by atoms with E-state index in [0.29, 0.717) is 12.1 Å². The lowest BCUT2D eigenvalue weighted by molar-refractivity contribution is 0.689. The fourth-order valence-electron chi connectivity index (χ4n) is 1.55. The van der Waals surface area contributed by atoms with Crippen molar-refractivity contribution in [1.82, 2.24) is 5.32 Å². The van der Waals surface area contributed by atoms with E-state index >= 15 is 0 Å². The van der Waals surface area contributed by atoms with Gasteiger partial charge in [-0.15, -0.1) is 0 Å². The predicted molar refractivity (Wildman–Crippen MR) is 46.7 cm³/mol. The Balaban J connectivity index is 2.26. The smallest absolute Gasteiger partial charge is 0.0945 e. The summed E-state index contributed by atoms with van der Waals surface area (Å²) in [5, 5.41) is 3.29. The predicted octanol–water partition coefficient (Wildman–Crippen LogP) is 1.26. The van der Waals surface area contributed by atoms with Gasteiger partial charge in [0, 0.05) is 0 Å². The molecule has 0 amide bonds. The standard InChI is InChI=1S/C9H12N2/c1-6-3-4-8-9(5-6)11-7(2)10-8/h3-5,8-9H,1-2H3,(H,10,11). The third-order valence-corrected chi connectivity index (χ3v) is 2.09. The summed E-state index contributed by atoms with van der Waals surface area (Å²) >= 11 is 0. The normalized spacial score (nSPS) is 34.0. The van der Waals surface area contributed by atoms with E-state index in [4.69, 9.17) is 0 Å². The van der Waals surface area contributed by atoms with Crippen molar-refractivity contribution in [3.8, 4) is 0 Å². The molecule has 1 N–H and O–H groups in total. The van der Waals surface area contributed by atoms with E-state index in [2.05, 4.69) is 35.5 Å². The van der Waals surface area contributed by atoms with Crippen LogP contribution in [0.15, 0.2) is 28.8 Å². The van der Waals surface area contributed by atoms with Gasteiger partial charge in [0.25, 0.3) is 0 Å². The van der Waals surface area contributed by atoms with Gasteiger partial charge in [0.15, 0.2) is 0 Å². The quantitative estimate of drug-likeness (QED) is 0.549. The average Bonchev–Trinajstić information content (AvgIpc) is 2.27. The van der Waals surface area contributed by atoms with Crippen molar-refractivity contribution in [1.29, 1.82) is 0 Å². The molecule has 0 aromatic rings. The topological polar surface area (TPSA) is 24.4 Å². The van der Waals surface area contributed by atoms with Gasteiger partial charge in [0.2, 0.25) is 0 Å². The van der Waals surface area contributed by atoms with Crippen LogP contribution in [0.3, 0.4) is 0 Å². The number of allylic oxidation sites excluding steroid dienone is 2. The summed E-state index contributed by atoms with van der Waals surface area (Å²) in [5.74, 6) is 1.05. The molecule has 0 aromatic heterocycles. The van der Waals surface area contributed by atoms with Crippen molar-refractivity contribution in [2.75, 3.05) is 0 Å². The van der Waals surface area contributed by atoms with Crippen molar-refractivity contribution in [3.63, 3.8) is 0 Å². The van der Waals surface area contributed by atoms with Crippen molar-refractivity contribution in [3.05, 3.63) is 23.8 Å². The van der Waals surface area contributed by atoms with Crippen LogP contribution in [0.1, 0.15) is 13.8 Å². The highest BCUT2D eigenvalue weighted by Crippen LogP contribution is 2.17. The molecular weight excluding hydrogens is 136 g/mol. The minimum absolute atomic E-state index is 0.347. The summed E-state index contributed by atoms with van der Waals surface area (Å²) in [7, 11) is 0. The highest BCUT2D eigenvalue weighted by molar-refractivity contribution is 5.82. The Bertz CT molecular complexity index is 261. The molecular formula is C9H12N2. The molecule has 2 unspecified atom stereocenters. The van der Waals surface area contributed by atoms with Gasteiger partial charge in [-0.05, 0) is 13.8 Å². The molecule has 0 spiro atoms. The van der Waals surface area contributed by atoms with Gasteiger partial charge in [-0.3, -0.25) is 4.99 Å². The van der Waals surface area contributed by atoms with Crippen molar-refractivity contribution >= 4 is 5.84 Å². The first kappa shape index (κ1) is 6.65. The Labute approximate surface area is 66.7 Å². The summed E-state index contributed by atoms with van der Waals surface area (Å²) in [5.41, 5.74) is 1.31. The molecule has 0 saturated carbocycles. The van der Waals surface area contributed by atoms with Crippen molar-refractivity contribution in [2.45, 2.75) is 25.9 Å². The summed E-state index contributed by atoms with van der Waals surface area (Å²) < 4.78 is 0. The van der Waals surface area contributed by atoms with E-state index in [9.17, 15) is 0 Å². The van der Waals surface area contributed by atoms with Gasteiger partial charge in [0.05, 0.1) is 17.9 Å². The highest BCUT2D eigenvalue weighted by atomic mass is 15.1. The summed E-state index contributed by atoms with van der Waals surface area (Å²) in [6.45, 7) is 4.12. The van der Waals surface area contributed by atoms with Gasteiger partial charge >= 0.3 is 0 Å². The minimum Gasteiger partial charge on any atom is -0.365 e. The second-order valence-corrected chi connectivity index (χ2v) is 3.15. The monoisotopic (exact) mass is 148 g/mol. The van der Waals surface area contributed by atoms with Gasteiger partial charge < -0.3 is 5.32 Å². The Hall–Kier alpha value is -1.05. The highest BCUT2D eigenvalue weighted by Gasteiger charge is 2.24. The number of fused-ring (bicyclic) bond motifs is 1. The van der Waals surface area contributed by atoms with Crippen LogP contribution in [-0.4, -0.2) is 17.9 Å². The lowest BCUT2D eigenvalue weighted by Crippen LogP contribution is -2.32. The number of hydrogen-bond donors (Lipinski definition) is 1. The third-order valence-electron chi connectivity index (χ3n) is 2.09. The van der Waals surface area contributed by atoms with Crippen LogP contribution >= 0.6 is 0 Å². The van der Waals surface area contributed by atoms with E-state index in [1.54, 1.807) is 0 Å². The first-order chi connectivity index (χ1) is 5.25. The van der Waals surface area contributed by atoms with Gasteiger partial charge in [-0.2, -0.15) is 0 Å². The van der Waals surface area contributed by atoms with Crippen LogP contribution in [0, 0.1) is 0 Å². The Morgan fingerprint density at radius 2 is 2.27 bits per heavy atom. The van der Waals surface area contributed by atoms with E-state index in [1.165, 1.54) is 5.57 Å². The van der Waals surface area contributed by atoms with E-state index in [1.807, 2.05) is 6.92 Å². The SMILES string of the molecule is CC1=CC2N=C(C)NC2C=C1. The van der Waals surface area contributed by atoms with Crippen LogP contribution in [0.4, 0.5) is 0 Å². The Kier molecular flexibility index (Phi) is 1.34. The molecule has 0 saturated heterocycles. The molecule has 2 atom stereocenters. The summed E-state index contributed by atoms with van der Waals surface area (Å²) in [4.78, 5) is 4.44. The maximum atomic E-state index is 4.44. The molecule has 1 heterocycles. The first-order valence-electron chi connectivity index (χ1n) is 3.93. The molecule has 2 rings (SSSR count). The lowest BCUT2D eigenvalue weighted by Gasteiger charge is -2.15. The maximum Gasteiger partial charge on any atom is 0.0945 e.